The number of aliphatic hydroxyl groups is 1. The van der Waals surface area contributed by atoms with Gasteiger partial charge < -0.3 is 25.4 Å². The fraction of sp³-hybridized carbons (Fsp3) is 0.560. The van der Waals surface area contributed by atoms with Gasteiger partial charge in [-0.3, -0.25) is 9.69 Å². The third kappa shape index (κ3) is 5.01. The molecule has 1 aromatic carbocycles. The molecule has 3 aliphatic rings. The zero-order chi connectivity index (χ0) is 23.5. The minimum atomic E-state index is -0.598. The normalized spacial score (nSPS) is 23.9. The largest absolute Gasteiger partial charge is 0.467 e. The van der Waals surface area contributed by atoms with Crippen LogP contribution in [0.25, 0.3) is 0 Å². The van der Waals surface area contributed by atoms with Crippen LogP contribution in [0.5, 0.6) is 6.01 Å². The van der Waals surface area contributed by atoms with Gasteiger partial charge in [0.2, 0.25) is 0 Å². The summed E-state index contributed by atoms with van der Waals surface area (Å²) in [7, 11) is 1.50. The predicted molar refractivity (Wildman–Crippen MR) is 129 cm³/mol. The van der Waals surface area contributed by atoms with Crippen molar-refractivity contribution in [2.24, 2.45) is 0 Å². The van der Waals surface area contributed by atoms with Crippen molar-refractivity contribution in [3.63, 3.8) is 0 Å². The minimum Gasteiger partial charge on any atom is -0.467 e. The fourth-order valence-corrected chi connectivity index (χ4v) is 5.37. The van der Waals surface area contributed by atoms with Crippen LogP contribution < -0.4 is 15.4 Å². The first-order valence-electron chi connectivity index (χ1n) is 12.3. The van der Waals surface area contributed by atoms with Crippen LogP contribution in [0.15, 0.2) is 30.3 Å². The number of β-amino-alcohol motifs (C(OH)–C–C–N with tert-alkyl or cyclic N) is 1. The summed E-state index contributed by atoms with van der Waals surface area (Å²) in [5, 5.41) is 17.8. The first-order chi connectivity index (χ1) is 16.6. The summed E-state index contributed by atoms with van der Waals surface area (Å²) >= 11 is 0. The molecule has 0 bridgehead atoms. The molecular formula is C25H34N6O3. The Hall–Kier alpha value is -2.75. The molecule has 0 unspecified atom stereocenters. The highest BCUT2D eigenvalue weighted by molar-refractivity contribution is 5.93. The zero-order valence-electron chi connectivity index (χ0n) is 19.7. The first-order valence-corrected chi connectivity index (χ1v) is 12.3. The molecule has 5 rings (SSSR count). The Bertz CT molecular complexity index is 1010. The summed E-state index contributed by atoms with van der Waals surface area (Å²) in [4.78, 5) is 26.1. The van der Waals surface area contributed by atoms with E-state index in [1.165, 1.54) is 18.2 Å². The molecule has 0 radical (unpaired) electrons. The molecule has 4 heterocycles. The fourth-order valence-electron chi connectivity index (χ4n) is 5.37. The molecule has 9 nitrogen and oxygen atoms in total. The van der Waals surface area contributed by atoms with Crippen molar-refractivity contribution in [1.29, 1.82) is 0 Å². The van der Waals surface area contributed by atoms with E-state index in [2.05, 4.69) is 49.8 Å². The lowest BCUT2D eigenvalue weighted by Crippen LogP contribution is -2.56. The molecule has 3 aliphatic heterocycles. The van der Waals surface area contributed by atoms with Crippen LogP contribution in [-0.2, 0) is 13.0 Å². The molecule has 2 saturated heterocycles. The Morgan fingerprint density at radius 2 is 1.94 bits per heavy atom. The zero-order valence-corrected chi connectivity index (χ0v) is 19.7. The summed E-state index contributed by atoms with van der Waals surface area (Å²) in [5.74, 6) is 0.403. The van der Waals surface area contributed by atoms with E-state index in [0.717, 1.165) is 51.9 Å². The van der Waals surface area contributed by atoms with E-state index in [1.807, 2.05) is 0 Å². The van der Waals surface area contributed by atoms with Crippen molar-refractivity contribution in [2.45, 2.75) is 50.4 Å². The summed E-state index contributed by atoms with van der Waals surface area (Å²) in [6.45, 7) is 4.58. The minimum absolute atomic E-state index is 0.0504. The molecule has 2 fully saturated rings. The lowest BCUT2D eigenvalue weighted by atomic mass is 9.94. The number of aromatic nitrogens is 2. The molecule has 34 heavy (non-hydrogen) atoms. The lowest BCUT2D eigenvalue weighted by molar-refractivity contribution is -0.0139. The number of anilines is 1. The molecule has 1 aromatic heterocycles. The smallest absolute Gasteiger partial charge is 0.318 e. The second kappa shape index (κ2) is 10.2. The number of fused-ring (bicyclic) bond motifs is 1. The highest BCUT2D eigenvalue weighted by Gasteiger charge is 2.36. The molecule has 1 amide bonds. The van der Waals surface area contributed by atoms with E-state index >= 15 is 0 Å². The molecule has 182 valence electrons. The number of hydrogen-bond acceptors (Lipinski definition) is 8. The molecule has 2 atom stereocenters. The van der Waals surface area contributed by atoms with Gasteiger partial charge in [-0.1, -0.05) is 24.3 Å². The first kappa shape index (κ1) is 23.0. The Kier molecular flexibility index (Phi) is 6.94. The molecule has 0 spiro atoms. The van der Waals surface area contributed by atoms with Gasteiger partial charge in [0.25, 0.3) is 5.91 Å². The van der Waals surface area contributed by atoms with E-state index < -0.39 is 6.10 Å². The van der Waals surface area contributed by atoms with Crippen molar-refractivity contribution >= 4 is 11.7 Å². The van der Waals surface area contributed by atoms with Crippen LogP contribution in [-0.4, -0.2) is 88.8 Å². The third-order valence-corrected chi connectivity index (χ3v) is 7.26. The van der Waals surface area contributed by atoms with Crippen molar-refractivity contribution in [3.8, 4) is 6.01 Å². The van der Waals surface area contributed by atoms with Gasteiger partial charge in [-0.15, -0.1) is 0 Å². The topological polar surface area (TPSA) is 103 Å². The number of piperidine rings is 2. The van der Waals surface area contributed by atoms with Gasteiger partial charge in [0.15, 0.2) is 0 Å². The van der Waals surface area contributed by atoms with Crippen LogP contribution in [0.4, 0.5) is 5.82 Å². The van der Waals surface area contributed by atoms with E-state index in [9.17, 15) is 9.90 Å². The van der Waals surface area contributed by atoms with Gasteiger partial charge in [0, 0.05) is 44.3 Å². The molecule has 0 aliphatic carbocycles. The molecule has 2 aromatic rings. The van der Waals surface area contributed by atoms with Gasteiger partial charge in [0.05, 0.1) is 13.2 Å². The van der Waals surface area contributed by atoms with Crippen molar-refractivity contribution in [2.75, 3.05) is 45.2 Å². The number of ether oxygens (including phenoxy) is 1. The quantitative estimate of drug-likeness (QED) is 0.606. The number of methoxy groups -OCH3 is 1. The third-order valence-electron chi connectivity index (χ3n) is 7.26. The molecule has 9 heteroatoms. The molecular weight excluding hydrogens is 432 g/mol. The number of aliphatic hydroxyl groups excluding tert-OH is 1. The van der Waals surface area contributed by atoms with E-state index in [4.69, 9.17) is 4.74 Å². The van der Waals surface area contributed by atoms with Crippen LogP contribution in [0.1, 0.15) is 40.9 Å². The van der Waals surface area contributed by atoms with Gasteiger partial charge in [-0.2, -0.15) is 9.97 Å². The number of hydrogen-bond donors (Lipinski definition) is 3. The van der Waals surface area contributed by atoms with Crippen LogP contribution >= 0.6 is 0 Å². The highest BCUT2D eigenvalue weighted by Crippen LogP contribution is 2.26. The van der Waals surface area contributed by atoms with Crippen LogP contribution in [0, 0.1) is 0 Å². The van der Waals surface area contributed by atoms with Gasteiger partial charge in [-0.05, 0) is 49.9 Å². The van der Waals surface area contributed by atoms with Crippen LogP contribution in [0.2, 0.25) is 0 Å². The Morgan fingerprint density at radius 1 is 1.15 bits per heavy atom. The average Bonchev–Trinajstić information content (AvgIpc) is 2.88. The summed E-state index contributed by atoms with van der Waals surface area (Å²) in [6, 6.07) is 10.7. The number of benzene rings is 1. The van der Waals surface area contributed by atoms with Gasteiger partial charge in [0.1, 0.15) is 11.5 Å². The van der Waals surface area contributed by atoms with Crippen molar-refractivity contribution in [1.82, 2.24) is 25.1 Å². The van der Waals surface area contributed by atoms with E-state index in [0.29, 0.717) is 30.6 Å². The number of carbonyl (C=O) groups excluding carboxylic acids is 1. The Balaban J connectivity index is 1.24. The monoisotopic (exact) mass is 466 g/mol. The van der Waals surface area contributed by atoms with E-state index in [-0.39, 0.29) is 18.0 Å². The number of nitrogens with zero attached hydrogens (tertiary/aromatic N) is 4. The Morgan fingerprint density at radius 3 is 2.71 bits per heavy atom. The number of amides is 1. The van der Waals surface area contributed by atoms with Crippen molar-refractivity contribution in [3.05, 3.63) is 47.2 Å². The second-order valence-electron chi connectivity index (χ2n) is 9.46. The summed E-state index contributed by atoms with van der Waals surface area (Å²) in [6.07, 6.45) is 3.12. The Labute approximate surface area is 200 Å². The maximum atomic E-state index is 13.3. The standard InChI is InChI=1S/C25H34N6O3/c1-34-25-28-20(14-23(29-25)27-19-6-10-26-11-7-19)24(33)31-13-9-21(22(32)16-31)30-12-8-17-4-2-3-5-18(17)15-30/h2-5,14,19,21-22,26,32H,6-13,15-16H2,1H3,(H,27,28,29)/t21-,22-/m1/s1. The predicted octanol–water partition coefficient (Wildman–Crippen LogP) is 1.28. The van der Waals surface area contributed by atoms with Gasteiger partial charge >= 0.3 is 6.01 Å². The lowest BCUT2D eigenvalue weighted by Gasteiger charge is -2.43. The average molecular weight is 467 g/mol. The van der Waals surface area contributed by atoms with Crippen LogP contribution in [0.3, 0.4) is 0 Å². The van der Waals surface area contributed by atoms with E-state index in [1.54, 1.807) is 11.0 Å². The molecule has 3 N–H and O–H groups in total. The number of carbonyl (C=O) groups is 1. The second-order valence-corrected chi connectivity index (χ2v) is 9.46. The summed E-state index contributed by atoms with van der Waals surface area (Å²) < 4.78 is 5.27. The highest BCUT2D eigenvalue weighted by atomic mass is 16.5. The maximum Gasteiger partial charge on any atom is 0.318 e. The SMILES string of the molecule is COc1nc(NC2CCNCC2)cc(C(=O)N2CC[C@@H](N3CCc4ccccc4C3)[C@H](O)C2)n1. The maximum absolute atomic E-state index is 13.3. The van der Waals surface area contributed by atoms with Crippen molar-refractivity contribution < 1.29 is 14.6 Å². The summed E-state index contributed by atoms with van der Waals surface area (Å²) in [5.41, 5.74) is 3.02. The van der Waals surface area contributed by atoms with Gasteiger partial charge in [-0.25, -0.2) is 0 Å². The number of rotatable bonds is 5. The number of likely N-dealkylation sites (tertiary alicyclic amines) is 1. The number of nitrogens with one attached hydrogen (secondary N) is 2. The molecule has 0 saturated carbocycles.